The monoisotopic (exact) mass is 550 g/mol. The van der Waals surface area contributed by atoms with Crippen LogP contribution in [0.5, 0.6) is 0 Å². The molecule has 1 amide bonds. The molecule has 12 heteroatoms. The smallest absolute Gasteiger partial charge is 0.388 e. The molecule has 0 aromatic heterocycles. The van der Waals surface area contributed by atoms with Crippen molar-refractivity contribution in [3.8, 4) is 0 Å². The fourth-order valence-electron chi connectivity index (χ4n) is 5.15. The van der Waals surface area contributed by atoms with Crippen LogP contribution in [0.15, 0.2) is 64.6 Å². The van der Waals surface area contributed by atoms with Crippen LogP contribution < -0.4 is 0 Å². The number of piperidine rings is 1. The van der Waals surface area contributed by atoms with E-state index in [9.17, 15) is 26.4 Å². The summed E-state index contributed by atoms with van der Waals surface area (Å²) in [5.41, 5.74) is -0.233. The maximum absolute atomic E-state index is 13.1. The molecule has 0 atom stereocenters. The molecule has 0 saturated carbocycles. The van der Waals surface area contributed by atoms with Gasteiger partial charge in [0.1, 0.15) is 11.3 Å². The van der Waals surface area contributed by atoms with E-state index >= 15 is 0 Å². The molecule has 204 valence electrons. The molecule has 3 heterocycles. The van der Waals surface area contributed by atoms with Crippen LogP contribution in [0, 0.1) is 0 Å². The molecular weight excluding hydrogens is 521 g/mol. The van der Waals surface area contributed by atoms with Crippen molar-refractivity contribution in [2.75, 3.05) is 39.3 Å². The van der Waals surface area contributed by atoms with Crippen LogP contribution in [0.3, 0.4) is 0 Å². The Balaban J connectivity index is 1.14. The molecule has 0 N–H and O–H groups in total. The first-order chi connectivity index (χ1) is 18.1. The zero-order valence-corrected chi connectivity index (χ0v) is 21.5. The minimum atomic E-state index is -4.63. The predicted octanol–water partition coefficient (Wildman–Crippen LogP) is 3.35. The highest BCUT2D eigenvalue weighted by Gasteiger charge is 2.46. The van der Waals surface area contributed by atoms with Gasteiger partial charge in [0.25, 0.3) is 5.91 Å². The topological polar surface area (TPSA) is 82.5 Å². The van der Waals surface area contributed by atoms with Gasteiger partial charge in [-0.05, 0) is 23.8 Å². The Bertz CT molecular complexity index is 1300. The van der Waals surface area contributed by atoms with Crippen molar-refractivity contribution < 1.29 is 31.2 Å². The number of hydrogen-bond donors (Lipinski definition) is 0. The molecular formula is C26H29F3N4O4S. The van der Waals surface area contributed by atoms with Crippen molar-refractivity contribution in [3.63, 3.8) is 0 Å². The van der Waals surface area contributed by atoms with Gasteiger partial charge in [0.05, 0.1) is 10.5 Å². The Morgan fingerprint density at radius 3 is 2.29 bits per heavy atom. The van der Waals surface area contributed by atoms with Crippen LogP contribution in [0.25, 0.3) is 0 Å². The largest absolute Gasteiger partial charge is 0.416 e. The summed E-state index contributed by atoms with van der Waals surface area (Å²) in [5, 5.41) is 4.08. The number of benzene rings is 2. The number of amides is 1. The third-order valence-electron chi connectivity index (χ3n) is 7.43. The van der Waals surface area contributed by atoms with E-state index in [0.29, 0.717) is 24.9 Å². The third-order valence-corrected chi connectivity index (χ3v) is 9.32. The predicted molar refractivity (Wildman–Crippen MR) is 134 cm³/mol. The number of nitrogens with zero attached hydrogens (tertiary/aromatic N) is 4. The highest BCUT2D eigenvalue weighted by Crippen LogP contribution is 2.37. The summed E-state index contributed by atoms with van der Waals surface area (Å²) in [6.07, 6.45) is -3.77. The van der Waals surface area contributed by atoms with E-state index in [1.54, 1.807) is 4.90 Å². The molecule has 0 aliphatic carbocycles. The van der Waals surface area contributed by atoms with E-state index in [1.165, 1.54) is 15.9 Å². The van der Waals surface area contributed by atoms with Gasteiger partial charge in [0.2, 0.25) is 10.0 Å². The molecule has 3 aliphatic heterocycles. The van der Waals surface area contributed by atoms with Gasteiger partial charge >= 0.3 is 6.18 Å². The number of carbonyl (C=O) groups excluding carboxylic acids is 1. The average Bonchev–Trinajstić information content (AvgIpc) is 3.32. The zero-order valence-electron chi connectivity index (χ0n) is 20.7. The van der Waals surface area contributed by atoms with Crippen LogP contribution in [-0.2, 0) is 32.4 Å². The number of alkyl halides is 3. The highest BCUT2D eigenvalue weighted by atomic mass is 32.2. The Kier molecular flexibility index (Phi) is 7.23. The number of carbonyl (C=O) groups is 1. The fraction of sp³-hybridized carbons (Fsp3) is 0.462. The van der Waals surface area contributed by atoms with Crippen molar-refractivity contribution >= 4 is 21.6 Å². The molecule has 5 rings (SSSR count). The molecule has 0 radical (unpaired) electrons. The second-order valence-corrected chi connectivity index (χ2v) is 11.9. The molecule has 0 unspecified atom stereocenters. The third kappa shape index (κ3) is 5.57. The first-order valence-corrected chi connectivity index (χ1v) is 14.0. The number of oxime groups is 1. The van der Waals surface area contributed by atoms with Gasteiger partial charge in [-0.3, -0.25) is 9.69 Å². The molecule has 2 aromatic carbocycles. The Morgan fingerprint density at radius 2 is 1.63 bits per heavy atom. The van der Waals surface area contributed by atoms with Gasteiger partial charge in [0, 0.05) is 65.1 Å². The van der Waals surface area contributed by atoms with Crippen LogP contribution in [0.1, 0.15) is 30.4 Å². The molecule has 38 heavy (non-hydrogen) atoms. The molecule has 2 fully saturated rings. The SMILES string of the molecule is O=C(C1=NOC2(CCN(S(=O)(=O)c3cccc(C(F)(F)F)c3)CC2)C1)N1CCN(Cc2ccccc2)CC1. The second kappa shape index (κ2) is 10.3. The standard InChI is InChI=1S/C26H29F3N4O4S/c27-26(28,29)21-7-4-8-22(17-21)38(35,36)33-11-9-25(10-12-33)18-23(30-37-25)24(34)32-15-13-31(14-16-32)19-20-5-2-1-3-6-20/h1-8,17H,9-16,18-19H2. The van der Waals surface area contributed by atoms with Crippen molar-refractivity contribution in [1.82, 2.24) is 14.1 Å². The minimum absolute atomic E-state index is 0.0632. The number of hydrogen-bond acceptors (Lipinski definition) is 6. The van der Waals surface area contributed by atoms with E-state index in [4.69, 9.17) is 4.84 Å². The summed E-state index contributed by atoms with van der Waals surface area (Å²) >= 11 is 0. The Hall–Kier alpha value is -2.96. The summed E-state index contributed by atoms with van der Waals surface area (Å²) in [5.74, 6) is -0.166. The number of sulfonamides is 1. The summed E-state index contributed by atoms with van der Waals surface area (Å²) < 4.78 is 66.4. The maximum atomic E-state index is 13.1. The van der Waals surface area contributed by atoms with Crippen LogP contribution in [-0.4, -0.2) is 79.0 Å². The molecule has 8 nitrogen and oxygen atoms in total. The van der Waals surface area contributed by atoms with E-state index < -0.39 is 32.3 Å². The fourth-order valence-corrected chi connectivity index (χ4v) is 6.64. The molecule has 3 aliphatic rings. The summed E-state index contributed by atoms with van der Waals surface area (Å²) in [4.78, 5) is 22.5. The van der Waals surface area contributed by atoms with Crippen LogP contribution >= 0.6 is 0 Å². The van der Waals surface area contributed by atoms with E-state index in [1.807, 2.05) is 18.2 Å². The van der Waals surface area contributed by atoms with Gasteiger partial charge in [-0.2, -0.15) is 17.5 Å². The number of rotatable bonds is 5. The molecule has 1 spiro atoms. The summed E-state index contributed by atoms with van der Waals surface area (Å²) in [7, 11) is -4.11. The van der Waals surface area contributed by atoms with Crippen molar-refractivity contribution in [2.24, 2.45) is 5.16 Å². The van der Waals surface area contributed by atoms with E-state index in [-0.39, 0.29) is 38.3 Å². The van der Waals surface area contributed by atoms with Gasteiger partial charge in [0.15, 0.2) is 0 Å². The van der Waals surface area contributed by atoms with Gasteiger partial charge in [-0.25, -0.2) is 8.42 Å². The first-order valence-electron chi connectivity index (χ1n) is 12.5. The minimum Gasteiger partial charge on any atom is -0.388 e. The summed E-state index contributed by atoms with van der Waals surface area (Å²) in [6, 6.07) is 13.9. The van der Waals surface area contributed by atoms with E-state index in [0.717, 1.165) is 31.8 Å². The van der Waals surface area contributed by atoms with E-state index in [2.05, 4.69) is 22.2 Å². The lowest BCUT2D eigenvalue weighted by Gasteiger charge is -2.37. The second-order valence-electron chi connectivity index (χ2n) is 9.97. The van der Waals surface area contributed by atoms with Crippen molar-refractivity contribution in [1.29, 1.82) is 0 Å². The lowest BCUT2D eigenvalue weighted by atomic mass is 9.87. The first kappa shape index (κ1) is 26.6. The summed E-state index contributed by atoms with van der Waals surface area (Å²) in [6.45, 7) is 3.63. The highest BCUT2D eigenvalue weighted by molar-refractivity contribution is 7.89. The normalized spacial score (nSPS) is 20.8. The Morgan fingerprint density at radius 1 is 0.947 bits per heavy atom. The lowest BCUT2D eigenvalue weighted by Crippen LogP contribution is -2.51. The maximum Gasteiger partial charge on any atom is 0.416 e. The molecule has 2 saturated heterocycles. The van der Waals surface area contributed by atoms with Crippen LogP contribution in [0.4, 0.5) is 13.2 Å². The number of halogens is 3. The van der Waals surface area contributed by atoms with Crippen molar-refractivity contribution in [3.05, 3.63) is 65.7 Å². The van der Waals surface area contributed by atoms with Gasteiger partial charge in [-0.1, -0.05) is 41.6 Å². The zero-order chi connectivity index (χ0) is 27.0. The Labute approximate surface area is 219 Å². The lowest BCUT2D eigenvalue weighted by molar-refractivity contribution is -0.137. The average molecular weight is 551 g/mol. The van der Waals surface area contributed by atoms with Gasteiger partial charge < -0.3 is 9.74 Å². The molecule has 2 aromatic rings. The quantitative estimate of drug-likeness (QED) is 0.571. The number of piperazine rings is 1. The van der Waals surface area contributed by atoms with Gasteiger partial charge in [-0.15, -0.1) is 0 Å². The van der Waals surface area contributed by atoms with Crippen molar-refractivity contribution in [2.45, 2.75) is 42.5 Å². The van der Waals surface area contributed by atoms with Crippen LogP contribution in [0.2, 0.25) is 0 Å². The molecule has 0 bridgehead atoms.